The lowest BCUT2D eigenvalue weighted by Gasteiger charge is -2.17. The third kappa shape index (κ3) is 34.4. The molecule has 0 rings (SSSR count). The van der Waals surface area contributed by atoms with Gasteiger partial charge < -0.3 is 20.1 Å². The molecule has 0 radical (unpaired) electrons. The number of hydrogen-bond donors (Lipinski definition) is 2. The molecule has 31 heavy (non-hydrogen) atoms. The van der Waals surface area contributed by atoms with Crippen molar-refractivity contribution < 1.29 is 14.3 Å². The largest absolute Gasteiger partial charge is 0.378 e. The number of carbonyl (C=O) groups is 1. The Morgan fingerprint density at radius 1 is 0.935 bits per heavy atom. The fourth-order valence-electron chi connectivity index (χ4n) is 2.23. The van der Waals surface area contributed by atoms with Gasteiger partial charge in [-0.1, -0.05) is 59.2 Å². The van der Waals surface area contributed by atoms with Crippen molar-refractivity contribution in [2.24, 2.45) is 5.92 Å². The zero-order valence-corrected chi connectivity index (χ0v) is 22.7. The van der Waals surface area contributed by atoms with E-state index in [1.165, 1.54) is 31.0 Å². The number of hydrogen-bond acceptors (Lipinski definition) is 6. The minimum Gasteiger partial charge on any atom is -0.378 e. The van der Waals surface area contributed by atoms with E-state index < -0.39 is 0 Å². The molecule has 0 unspecified atom stereocenters. The van der Waals surface area contributed by atoms with Gasteiger partial charge in [-0.2, -0.15) is 11.8 Å². The normalized spacial score (nSPS) is 10.8. The first-order valence-electron chi connectivity index (χ1n) is 11.5. The number of unbranched alkanes of at least 4 members (excludes halogenated alkanes) is 3. The van der Waals surface area contributed by atoms with Gasteiger partial charge in [0.05, 0.1) is 26.4 Å². The van der Waals surface area contributed by atoms with E-state index in [2.05, 4.69) is 57.1 Å². The average Bonchev–Trinajstić information content (AvgIpc) is 2.68. The molecule has 0 saturated heterocycles. The zero-order chi connectivity index (χ0) is 23.8. The molecule has 5 nitrogen and oxygen atoms in total. The molecule has 0 aromatic carbocycles. The highest BCUT2D eigenvalue weighted by molar-refractivity contribution is 8.13. The van der Waals surface area contributed by atoms with Crippen molar-refractivity contribution in [2.75, 3.05) is 58.1 Å². The van der Waals surface area contributed by atoms with Crippen molar-refractivity contribution in [3.63, 3.8) is 0 Å². The van der Waals surface area contributed by atoms with Crippen molar-refractivity contribution in [3.05, 3.63) is 0 Å². The molecule has 0 saturated carbocycles. The molecule has 0 aliphatic carbocycles. The van der Waals surface area contributed by atoms with E-state index in [-0.39, 0.29) is 5.24 Å². The van der Waals surface area contributed by atoms with Crippen LogP contribution in [0.3, 0.4) is 0 Å². The Morgan fingerprint density at radius 2 is 1.52 bits per heavy atom. The van der Waals surface area contributed by atoms with Crippen molar-refractivity contribution >= 4 is 28.8 Å². The highest BCUT2D eigenvalue weighted by atomic mass is 32.2. The molecule has 0 spiro atoms. The summed E-state index contributed by atoms with van der Waals surface area (Å²) in [7, 11) is 1.97. The Kier molecular flexibility index (Phi) is 25.7. The molecule has 7 heteroatoms. The summed E-state index contributed by atoms with van der Waals surface area (Å²) in [5, 5.41) is 6.13. The number of ether oxygens (including phenoxy) is 2. The first kappa shape index (κ1) is 32.8. The molecule has 1 amide bonds. The van der Waals surface area contributed by atoms with E-state index >= 15 is 0 Å². The van der Waals surface area contributed by atoms with Crippen LogP contribution in [-0.4, -0.2) is 68.1 Å². The Balaban J connectivity index is 0. The number of thioether (sulfide) groups is 2. The summed E-state index contributed by atoms with van der Waals surface area (Å²) >= 11 is 3.20. The van der Waals surface area contributed by atoms with Crippen LogP contribution in [0, 0.1) is 17.8 Å². The molecule has 184 valence electrons. The third-order valence-electron chi connectivity index (χ3n) is 3.65. The smallest absolute Gasteiger partial charge is 0.279 e. The predicted molar refractivity (Wildman–Crippen MR) is 140 cm³/mol. The van der Waals surface area contributed by atoms with Crippen molar-refractivity contribution in [1.29, 1.82) is 0 Å². The maximum Gasteiger partial charge on any atom is 0.279 e. The Labute approximate surface area is 201 Å². The Hall–Kier alpha value is -0.390. The second kappa shape index (κ2) is 24.3. The molecule has 0 aliphatic rings. The molecule has 0 fully saturated rings. The molecular formula is C24H48N2O3S2. The van der Waals surface area contributed by atoms with Crippen LogP contribution in [0.4, 0.5) is 4.79 Å². The van der Waals surface area contributed by atoms with Gasteiger partial charge in [-0.3, -0.25) is 4.79 Å². The van der Waals surface area contributed by atoms with Crippen LogP contribution in [-0.2, 0) is 9.47 Å². The number of rotatable bonds is 16. The average molecular weight is 477 g/mol. The van der Waals surface area contributed by atoms with Gasteiger partial charge in [-0.05, 0) is 33.4 Å². The summed E-state index contributed by atoms with van der Waals surface area (Å²) in [6.07, 6.45) is 4.64. The zero-order valence-electron chi connectivity index (χ0n) is 21.1. The standard InChI is InChI=1S/C18H38N2O3S2.C6H10/c1-18(2,3)25-16-14-23-12-11-22-13-15-24-17(21)20-10-8-6-5-7-9-19-4;1-4-5-6(2)3/h19H,5-16H2,1-4H3,(H,20,21);6H,1-3H3. The van der Waals surface area contributed by atoms with Crippen molar-refractivity contribution in [2.45, 2.75) is 72.0 Å². The van der Waals surface area contributed by atoms with Gasteiger partial charge in [-0.25, -0.2) is 0 Å². The fraction of sp³-hybridized carbons (Fsp3) is 0.875. The van der Waals surface area contributed by atoms with Crippen LogP contribution in [0.25, 0.3) is 0 Å². The predicted octanol–water partition coefficient (Wildman–Crippen LogP) is 5.44. The topological polar surface area (TPSA) is 59.6 Å². The van der Waals surface area contributed by atoms with E-state index in [1.54, 1.807) is 0 Å². The van der Waals surface area contributed by atoms with Crippen LogP contribution >= 0.6 is 23.5 Å². The molecule has 0 bridgehead atoms. The van der Waals surface area contributed by atoms with Gasteiger partial charge in [-0.15, -0.1) is 11.8 Å². The summed E-state index contributed by atoms with van der Waals surface area (Å²) in [5.74, 6) is 8.01. The lowest BCUT2D eigenvalue weighted by atomic mass is 10.2. The molecule has 0 aliphatic heterocycles. The first-order valence-corrected chi connectivity index (χ1v) is 13.5. The fourth-order valence-corrected chi connectivity index (χ4v) is 3.64. The Morgan fingerprint density at radius 3 is 2.00 bits per heavy atom. The summed E-state index contributed by atoms with van der Waals surface area (Å²) in [4.78, 5) is 11.6. The highest BCUT2D eigenvalue weighted by Gasteiger charge is 2.09. The molecular weight excluding hydrogens is 428 g/mol. The summed E-state index contributed by atoms with van der Waals surface area (Å²) < 4.78 is 11.3. The number of amides is 1. The van der Waals surface area contributed by atoms with Crippen molar-refractivity contribution in [1.82, 2.24) is 10.6 Å². The van der Waals surface area contributed by atoms with E-state index in [4.69, 9.17) is 9.47 Å². The van der Waals surface area contributed by atoms with E-state index in [0.29, 0.717) is 36.2 Å². The third-order valence-corrected chi connectivity index (χ3v) is 5.67. The summed E-state index contributed by atoms with van der Waals surface area (Å²) in [6, 6.07) is 0. The van der Waals surface area contributed by atoms with Crippen LogP contribution < -0.4 is 10.6 Å². The summed E-state index contributed by atoms with van der Waals surface area (Å²) in [6.45, 7) is 17.0. The van der Waals surface area contributed by atoms with Crippen LogP contribution in [0.5, 0.6) is 0 Å². The monoisotopic (exact) mass is 476 g/mol. The van der Waals surface area contributed by atoms with Gasteiger partial charge in [0, 0.05) is 28.7 Å². The number of nitrogens with one attached hydrogen (secondary N) is 2. The maximum atomic E-state index is 11.6. The van der Waals surface area contributed by atoms with Gasteiger partial charge in [0.1, 0.15) is 0 Å². The lowest BCUT2D eigenvalue weighted by Crippen LogP contribution is -2.21. The second-order valence-electron chi connectivity index (χ2n) is 8.32. The van der Waals surface area contributed by atoms with Crippen LogP contribution in [0.2, 0.25) is 0 Å². The lowest BCUT2D eigenvalue weighted by molar-refractivity contribution is 0.0604. The quantitative estimate of drug-likeness (QED) is 0.228. The van der Waals surface area contributed by atoms with E-state index in [9.17, 15) is 4.79 Å². The van der Waals surface area contributed by atoms with Crippen LogP contribution in [0.15, 0.2) is 0 Å². The highest BCUT2D eigenvalue weighted by Crippen LogP contribution is 2.22. The Bertz CT molecular complexity index is 458. The first-order chi connectivity index (χ1) is 14.7. The van der Waals surface area contributed by atoms with Gasteiger partial charge >= 0.3 is 0 Å². The van der Waals surface area contributed by atoms with Crippen LogP contribution in [0.1, 0.15) is 67.2 Å². The minimum absolute atomic E-state index is 0.0503. The van der Waals surface area contributed by atoms with Gasteiger partial charge in [0.25, 0.3) is 5.24 Å². The molecule has 0 heterocycles. The van der Waals surface area contributed by atoms with Gasteiger partial charge in [0.2, 0.25) is 0 Å². The summed E-state index contributed by atoms with van der Waals surface area (Å²) in [5.41, 5.74) is 0. The van der Waals surface area contributed by atoms with E-state index in [0.717, 1.165) is 31.9 Å². The number of carbonyl (C=O) groups excluding carboxylic acids is 1. The maximum absolute atomic E-state index is 11.6. The van der Waals surface area contributed by atoms with Crippen molar-refractivity contribution in [3.8, 4) is 11.8 Å². The van der Waals surface area contributed by atoms with Gasteiger partial charge in [0.15, 0.2) is 0 Å². The second-order valence-corrected chi connectivity index (χ2v) is 11.3. The molecule has 0 atom stereocenters. The molecule has 2 N–H and O–H groups in total. The van der Waals surface area contributed by atoms with E-state index in [1.807, 2.05) is 25.7 Å². The molecule has 0 aromatic heterocycles. The SMILES string of the molecule is CC#CC(C)C.CNCCCCCCNC(=O)SCCOCCOCCSC(C)(C)C. The minimum atomic E-state index is 0.0503. The molecule has 0 aromatic rings.